The summed E-state index contributed by atoms with van der Waals surface area (Å²) in [5, 5.41) is 6.64. The molecular weight excluding hydrogens is 335 g/mol. The van der Waals surface area contributed by atoms with E-state index in [4.69, 9.17) is 27.9 Å². The van der Waals surface area contributed by atoms with E-state index in [1.54, 1.807) is 12.1 Å². The Morgan fingerprint density at radius 3 is 2.65 bits per heavy atom. The first-order valence-electron chi connectivity index (χ1n) is 7.20. The molecule has 23 heavy (non-hydrogen) atoms. The van der Waals surface area contributed by atoms with Gasteiger partial charge in [-0.2, -0.15) is 0 Å². The Kier molecular flexibility index (Phi) is 6.56. The average Bonchev–Trinajstić information content (AvgIpc) is 2.54. The number of nitrogens with one attached hydrogen (secondary N) is 2. The van der Waals surface area contributed by atoms with Gasteiger partial charge in [0.15, 0.2) is 0 Å². The molecule has 0 heterocycles. The largest absolute Gasteiger partial charge is 0.490 e. The van der Waals surface area contributed by atoms with Crippen molar-refractivity contribution in [3.63, 3.8) is 0 Å². The van der Waals surface area contributed by atoms with Crippen molar-refractivity contribution in [1.82, 2.24) is 10.6 Å². The number of carbonyl (C=O) groups is 1. The van der Waals surface area contributed by atoms with Crippen LogP contribution in [0.4, 0.5) is 4.79 Å². The number of rotatable bonds is 6. The monoisotopic (exact) mass is 352 g/mol. The molecule has 2 amide bonds. The Hall–Kier alpha value is -1.91. The summed E-state index contributed by atoms with van der Waals surface area (Å²) in [6, 6.07) is 12.7. The van der Waals surface area contributed by atoms with E-state index in [1.165, 1.54) is 0 Å². The van der Waals surface area contributed by atoms with Crippen molar-refractivity contribution >= 4 is 29.2 Å². The van der Waals surface area contributed by atoms with Crippen molar-refractivity contribution in [3.8, 4) is 5.75 Å². The molecule has 0 aliphatic carbocycles. The number of ether oxygens (including phenoxy) is 1. The lowest BCUT2D eigenvalue weighted by Gasteiger charge is -2.11. The minimum Gasteiger partial charge on any atom is -0.490 e. The Labute approximate surface area is 145 Å². The van der Waals surface area contributed by atoms with Gasteiger partial charge < -0.3 is 15.4 Å². The van der Waals surface area contributed by atoms with Crippen LogP contribution in [0.25, 0.3) is 0 Å². The second kappa shape index (κ2) is 8.65. The molecule has 0 aromatic heterocycles. The summed E-state index contributed by atoms with van der Waals surface area (Å²) < 4.78 is 5.55. The third-order valence-corrected chi connectivity index (χ3v) is 3.81. The van der Waals surface area contributed by atoms with Gasteiger partial charge in [-0.15, -0.1) is 0 Å². The Bertz CT molecular complexity index is 677. The van der Waals surface area contributed by atoms with Crippen LogP contribution in [0.5, 0.6) is 5.75 Å². The molecule has 0 fully saturated rings. The summed E-state index contributed by atoms with van der Waals surface area (Å²) in [6.45, 7) is 3.04. The fourth-order valence-corrected chi connectivity index (χ4v) is 2.30. The molecule has 0 saturated heterocycles. The molecule has 0 radical (unpaired) electrons. The maximum absolute atomic E-state index is 11.7. The number of benzene rings is 2. The topological polar surface area (TPSA) is 50.4 Å². The van der Waals surface area contributed by atoms with Crippen molar-refractivity contribution in [1.29, 1.82) is 0 Å². The third kappa shape index (κ3) is 5.66. The van der Waals surface area contributed by atoms with Gasteiger partial charge in [-0.1, -0.05) is 47.5 Å². The number of hydrogen-bond donors (Lipinski definition) is 2. The minimum atomic E-state index is -0.274. The highest BCUT2D eigenvalue weighted by molar-refractivity contribution is 6.32. The lowest BCUT2D eigenvalue weighted by molar-refractivity contribution is 0.236. The molecule has 2 aromatic carbocycles. The van der Waals surface area contributed by atoms with Gasteiger partial charge in [0.1, 0.15) is 12.4 Å². The third-order valence-electron chi connectivity index (χ3n) is 3.13. The molecular formula is C17H18Cl2N2O2. The summed E-state index contributed by atoms with van der Waals surface area (Å²) >= 11 is 12.1. The smallest absolute Gasteiger partial charge is 0.315 e. The Morgan fingerprint density at radius 1 is 1.09 bits per heavy atom. The predicted octanol–water partition coefficient (Wildman–Crippen LogP) is 4.18. The van der Waals surface area contributed by atoms with E-state index < -0.39 is 0 Å². The lowest BCUT2D eigenvalue weighted by Crippen LogP contribution is -2.37. The maximum Gasteiger partial charge on any atom is 0.315 e. The van der Waals surface area contributed by atoms with E-state index in [0.29, 0.717) is 35.5 Å². The molecule has 0 bridgehead atoms. The molecule has 0 aliphatic rings. The summed E-state index contributed by atoms with van der Waals surface area (Å²) in [5.74, 6) is 0.616. The minimum absolute atomic E-state index is 0.274. The van der Waals surface area contributed by atoms with Crippen LogP contribution in [-0.4, -0.2) is 19.2 Å². The van der Waals surface area contributed by atoms with Gasteiger partial charge in [0, 0.05) is 11.6 Å². The fourth-order valence-electron chi connectivity index (χ4n) is 1.93. The fraction of sp³-hybridized carbons (Fsp3) is 0.235. The first kappa shape index (κ1) is 17.4. The van der Waals surface area contributed by atoms with E-state index in [0.717, 1.165) is 11.1 Å². The van der Waals surface area contributed by atoms with Crippen molar-refractivity contribution in [3.05, 3.63) is 63.6 Å². The van der Waals surface area contributed by atoms with Gasteiger partial charge in [0.05, 0.1) is 11.6 Å². The van der Waals surface area contributed by atoms with E-state index in [1.807, 2.05) is 37.3 Å². The number of halogens is 2. The molecule has 122 valence electrons. The van der Waals surface area contributed by atoms with Crippen LogP contribution in [-0.2, 0) is 6.54 Å². The second-order valence-electron chi connectivity index (χ2n) is 4.98. The van der Waals surface area contributed by atoms with Gasteiger partial charge in [-0.3, -0.25) is 0 Å². The number of hydrogen-bond acceptors (Lipinski definition) is 2. The normalized spacial score (nSPS) is 10.2. The molecule has 0 unspecified atom stereocenters. The summed E-state index contributed by atoms with van der Waals surface area (Å²) in [6.07, 6.45) is 0. The standard InChI is InChI=1S/C17H18Cl2N2O2/c1-12-6-7-15(19)16(10-12)23-9-8-20-17(22)21-11-13-4-2-3-5-14(13)18/h2-7,10H,8-9,11H2,1H3,(H2,20,21,22). The molecule has 4 nitrogen and oxygen atoms in total. The van der Waals surface area contributed by atoms with Gasteiger partial charge in [-0.05, 0) is 36.2 Å². The van der Waals surface area contributed by atoms with E-state index >= 15 is 0 Å². The highest BCUT2D eigenvalue weighted by Gasteiger charge is 2.04. The zero-order valence-corrected chi connectivity index (χ0v) is 14.2. The lowest BCUT2D eigenvalue weighted by atomic mass is 10.2. The van der Waals surface area contributed by atoms with Gasteiger partial charge >= 0.3 is 6.03 Å². The van der Waals surface area contributed by atoms with Crippen LogP contribution in [0.2, 0.25) is 10.0 Å². The zero-order valence-electron chi connectivity index (χ0n) is 12.7. The van der Waals surface area contributed by atoms with Crippen LogP contribution in [0.3, 0.4) is 0 Å². The molecule has 0 aliphatic heterocycles. The molecule has 0 atom stereocenters. The summed E-state index contributed by atoms with van der Waals surface area (Å²) in [4.78, 5) is 11.7. The Morgan fingerprint density at radius 2 is 1.87 bits per heavy atom. The van der Waals surface area contributed by atoms with Crippen molar-refractivity contribution < 1.29 is 9.53 Å². The van der Waals surface area contributed by atoms with E-state index in [9.17, 15) is 4.79 Å². The number of aryl methyl sites for hydroxylation is 1. The average molecular weight is 353 g/mol. The van der Waals surface area contributed by atoms with Gasteiger partial charge in [0.2, 0.25) is 0 Å². The van der Waals surface area contributed by atoms with Crippen LogP contribution in [0.1, 0.15) is 11.1 Å². The first-order valence-corrected chi connectivity index (χ1v) is 7.96. The van der Waals surface area contributed by atoms with Crippen LogP contribution < -0.4 is 15.4 Å². The second-order valence-corrected chi connectivity index (χ2v) is 5.80. The van der Waals surface area contributed by atoms with Gasteiger partial charge in [-0.25, -0.2) is 4.79 Å². The molecule has 2 aromatic rings. The highest BCUT2D eigenvalue weighted by atomic mass is 35.5. The van der Waals surface area contributed by atoms with Crippen molar-refractivity contribution in [2.75, 3.05) is 13.2 Å². The molecule has 2 N–H and O–H groups in total. The zero-order chi connectivity index (χ0) is 16.7. The van der Waals surface area contributed by atoms with Crippen LogP contribution in [0.15, 0.2) is 42.5 Å². The summed E-state index contributed by atoms with van der Waals surface area (Å²) in [7, 11) is 0. The number of carbonyl (C=O) groups excluding carboxylic acids is 1. The van der Waals surface area contributed by atoms with Crippen molar-refractivity contribution in [2.24, 2.45) is 0 Å². The molecule has 2 rings (SSSR count). The molecule has 6 heteroatoms. The number of urea groups is 1. The first-order chi connectivity index (χ1) is 11.1. The summed E-state index contributed by atoms with van der Waals surface area (Å²) in [5.41, 5.74) is 1.93. The number of amides is 2. The molecule has 0 spiro atoms. The van der Waals surface area contributed by atoms with Crippen LogP contribution >= 0.6 is 23.2 Å². The highest BCUT2D eigenvalue weighted by Crippen LogP contribution is 2.24. The predicted molar refractivity (Wildman–Crippen MR) is 93.4 cm³/mol. The quantitative estimate of drug-likeness (QED) is 0.766. The Balaban J connectivity index is 1.69. The van der Waals surface area contributed by atoms with E-state index in [-0.39, 0.29) is 6.03 Å². The van der Waals surface area contributed by atoms with Crippen LogP contribution in [0, 0.1) is 6.92 Å². The van der Waals surface area contributed by atoms with Crippen molar-refractivity contribution in [2.45, 2.75) is 13.5 Å². The molecule has 0 saturated carbocycles. The SMILES string of the molecule is Cc1ccc(Cl)c(OCCNC(=O)NCc2ccccc2Cl)c1. The van der Waals surface area contributed by atoms with E-state index in [2.05, 4.69) is 10.6 Å². The maximum atomic E-state index is 11.7. The van der Waals surface area contributed by atoms with Gasteiger partial charge in [0.25, 0.3) is 0 Å².